The lowest BCUT2D eigenvalue weighted by atomic mass is 10.1. The van der Waals surface area contributed by atoms with Gasteiger partial charge in [-0.15, -0.1) is 0 Å². The smallest absolute Gasteiger partial charge is 0.303 e. The molecular formula is C23H44O8. The van der Waals surface area contributed by atoms with Gasteiger partial charge in [0.15, 0.2) is 11.6 Å². The molecule has 0 amide bonds. The van der Waals surface area contributed by atoms with Crippen molar-refractivity contribution < 1.29 is 38.7 Å². The number of hydrogen-bond acceptors (Lipinski definition) is 6. The third kappa shape index (κ3) is 13.7. The van der Waals surface area contributed by atoms with Crippen LogP contribution in [0.3, 0.4) is 0 Å². The lowest BCUT2D eigenvalue weighted by Crippen LogP contribution is -2.28. The standard InChI is InChI=1S/C10H18O4.C8H14O4.C5H12/c1-7(2)8-6-13-10(3,14-8)5-4-9(11)12;1-6-5-11-8(2,12-6)4-3-7(9)10;1-4-5(2)3/h7-8H,4-6H2,1-3H3,(H,11,12);6H,3-5H2,1-2H3,(H,9,10);5H,4H2,1-3H3. The predicted octanol–water partition coefficient (Wildman–Crippen LogP) is 4.69. The molecule has 31 heavy (non-hydrogen) atoms. The molecule has 2 saturated heterocycles. The van der Waals surface area contributed by atoms with E-state index in [1.807, 2.05) is 6.92 Å². The largest absolute Gasteiger partial charge is 0.481 e. The van der Waals surface area contributed by atoms with Crippen LogP contribution >= 0.6 is 0 Å². The molecule has 0 aliphatic carbocycles. The maximum absolute atomic E-state index is 10.4. The van der Waals surface area contributed by atoms with Crippen LogP contribution in [0.1, 0.15) is 87.5 Å². The Morgan fingerprint density at radius 3 is 1.61 bits per heavy atom. The minimum absolute atomic E-state index is 0.0730. The van der Waals surface area contributed by atoms with Crippen LogP contribution in [-0.2, 0) is 28.5 Å². The van der Waals surface area contributed by atoms with Crippen LogP contribution in [0.15, 0.2) is 0 Å². The summed E-state index contributed by atoms with van der Waals surface area (Å²) in [6.45, 7) is 17.4. The van der Waals surface area contributed by atoms with Gasteiger partial charge in [0, 0.05) is 12.8 Å². The fourth-order valence-corrected chi connectivity index (χ4v) is 2.69. The number of aliphatic carboxylic acids is 2. The molecular weight excluding hydrogens is 404 g/mol. The second-order valence-corrected chi connectivity index (χ2v) is 9.31. The van der Waals surface area contributed by atoms with Crippen molar-refractivity contribution in [2.75, 3.05) is 13.2 Å². The number of ether oxygens (including phenoxy) is 4. The summed E-state index contributed by atoms with van der Waals surface area (Å²) in [5.74, 6) is -1.73. The lowest BCUT2D eigenvalue weighted by Gasteiger charge is -2.23. The Hall–Kier alpha value is -1.22. The quantitative estimate of drug-likeness (QED) is 0.550. The number of hydrogen-bond donors (Lipinski definition) is 2. The number of carbonyl (C=O) groups is 2. The Labute approximate surface area is 187 Å². The van der Waals surface area contributed by atoms with E-state index in [-0.39, 0.29) is 25.0 Å². The molecule has 8 nitrogen and oxygen atoms in total. The first kappa shape index (κ1) is 29.8. The molecule has 0 saturated carbocycles. The molecule has 8 heteroatoms. The summed E-state index contributed by atoms with van der Waals surface area (Å²) in [6.07, 6.45) is 2.46. The number of rotatable bonds is 8. The Morgan fingerprint density at radius 2 is 1.32 bits per heavy atom. The predicted molar refractivity (Wildman–Crippen MR) is 118 cm³/mol. The van der Waals surface area contributed by atoms with Gasteiger partial charge >= 0.3 is 11.9 Å². The second-order valence-electron chi connectivity index (χ2n) is 9.31. The van der Waals surface area contributed by atoms with Crippen molar-refractivity contribution in [3.05, 3.63) is 0 Å². The van der Waals surface area contributed by atoms with Crippen molar-refractivity contribution in [2.24, 2.45) is 11.8 Å². The van der Waals surface area contributed by atoms with Crippen molar-refractivity contribution in [1.29, 1.82) is 0 Å². The molecule has 2 N–H and O–H groups in total. The van der Waals surface area contributed by atoms with Crippen molar-refractivity contribution in [3.8, 4) is 0 Å². The summed E-state index contributed by atoms with van der Waals surface area (Å²) in [7, 11) is 0. The summed E-state index contributed by atoms with van der Waals surface area (Å²) >= 11 is 0. The van der Waals surface area contributed by atoms with Gasteiger partial charge in [0.2, 0.25) is 0 Å². The highest BCUT2D eigenvalue weighted by Crippen LogP contribution is 2.31. The third-order valence-electron chi connectivity index (χ3n) is 5.17. The van der Waals surface area contributed by atoms with E-state index in [1.54, 1.807) is 13.8 Å². The molecule has 184 valence electrons. The number of carboxylic acids is 2. The minimum atomic E-state index is -0.817. The molecule has 2 rings (SSSR count). The molecule has 0 aromatic heterocycles. The van der Waals surface area contributed by atoms with E-state index in [1.165, 1.54) is 6.42 Å². The summed E-state index contributed by atoms with van der Waals surface area (Å²) in [5, 5.41) is 17.0. The molecule has 0 radical (unpaired) electrons. The van der Waals surface area contributed by atoms with E-state index >= 15 is 0 Å². The van der Waals surface area contributed by atoms with Crippen LogP contribution in [0.5, 0.6) is 0 Å². The normalized spacial score (nSPS) is 29.9. The maximum atomic E-state index is 10.4. The molecule has 0 aromatic rings. The van der Waals surface area contributed by atoms with Gasteiger partial charge in [-0.2, -0.15) is 0 Å². The van der Waals surface area contributed by atoms with Crippen molar-refractivity contribution in [3.63, 3.8) is 0 Å². The fraction of sp³-hybridized carbons (Fsp3) is 0.913. The Balaban J connectivity index is 0.000000483. The van der Waals surface area contributed by atoms with Crippen LogP contribution in [0.25, 0.3) is 0 Å². The zero-order valence-electron chi connectivity index (χ0n) is 20.6. The van der Waals surface area contributed by atoms with Crippen LogP contribution in [0.4, 0.5) is 0 Å². The summed E-state index contributed by atoms with van der Waals surface area (Å²) < 4.78 is 21.9. The monoisotopic (exact) mass is 448 g/mol. The summed E-state index contributed by atoms with van der Waals surface area (Å²) in [5.41, 5.74) is 0. The first-order valence-corrected chi connectivity index (χ1v) is 11.3. The van der Waals surface area contributed by atoms with Gasteiger partial charge in [-0.05, 0) is 32.6 Å². The number of carboxylic acid groups (broad SMARTS) is 2. The summed E-state index contributed by atoms with van der Waals surface area (Å²) in [6, 6.07) is 0. The topological polar surface area (TPSA) is 112 Å². The van der Waals surface area contributed by atoms with Gasteiger partial charge in [-0.1, -0.05) is 41.0 Å². The first-order valence-electron chi connectivity index (χ1n) is 11.3. The van der Waals surface area contributed by atoms with Crippen LogP contribution in [0.2, 0.25) is 0 Å². The van der Waals surface area contributed by atoms with E-state index in [0.29, 0.717) is 32.0 Å². The second kappa shape index (κ2) is 14.0. The van der Waals surface area contributed by atoms with Gasteiger partial charge < -0.3 is 29.2 Å². The van der Waals surface area contributed by atoms with E-state index < -0.39 is 23.5 Å². The molecule has 0 spiro atoms. The average molecular weight is 449 g/mol. The lowest BCUT2D eigenvalue weighted by molar-refractivity contribution is -0.169. The van der Waals surface area contributed by atoms with Crippen LogP contribution in [0, 0.1) is 11.8 Å². The highest BCUT2D eigenvalue weighted by Gasteiger charge is 2.38. The van der Waals surface area contributed by atoms with Gasteiger partial charge in [0.05, 0.1) is 38.3 Å². The third-order valence-corrected chi connectivity index (χ3v) is 5.17. The average Bonchev–Trinajstić information content (AvgIpc) is 3.23. The van der Waals surface area contributed by atoms with Crippen molar-refractivity contribution in [1.82, 2.24) is 0 Å². The molecule has 2 aliphatic rings. The van der Waals surface area contributed by atoms with Crippen LogP contribution in [-0.4, -0.2) is 59.1 Å². The molecule has 0 aromatic carbocycles. The Kier molecular flexibility index (Phi) is 13.5. The molecule has 0 bridgehead atoms. The van der Waals surface area contributed by atoms with E-state index in [9.17, 15) is 9.59 Å². The maximum Gasteiger partial charge on any atom is 0.303 e. The highest BCUT2D eigenvalue weighted by atomic mass is 16.7. The van der Waals surface area contributed by atoms with Gasteiger partial charge in [0.25, 0.3) is 0 Å². The van der Waals surface area contributed by atoms with Gasteiger partial charge in [-0.25, -0.2) is 0 Å². The minimum Gasteiger partial charge on any atom is -0.481 e. The Bertz CT molecular complexity index is 536. The molecule has 4 atom stereocenters. The molecule has 4 unspecified atom stereocenters. The fourth-order valence-electron chi connectivity index (χ4n) is 2.69. The van der Waals surface area contributed by atoms with Crippen LogP contribution < -0.4 is 0 Å². The Morgan fingerprint density at radius 1 is 0.903 bits per heavy atom. The highest BCUT2D eigenvalue weighted by molar-refractivity contribution is 5.67. The molecule has 2 heterocycles. The summed E-state index contributed by atoms with van der Waals surface area (Å²) in [4.78, 5) is 20.7. The van der Waals surface area contributed by atoms with E-state index in [2.05, 4.69) is 34.6 Å². The van der Waals surface area contributed by atoms with Gasteiger partial charge in [-0.3, -0.25) is 9.59 Å². The van der Waals surface area contributed by atoms with Gasteiger partial charge in [0.1, 0.15) is 0 Å². The molecule has 2 fully saturated rings. The first-order chi connectivity index (χ1) is 14.2. The van der Waals surface area contributed by atoms with Crippen molar-refractivity contribution >= 4 is 11.9 Å². The zero-order chi connectivity index (χ0) is 24.2. The zero-order valence-corrected chi connectivity index (χ0v) is 20.6. The SMILES string of the molecule is CC(C)C1COC(C)(CCC(=O)O)O1.CC1COC(C)(CCC(=O)O)O1.CCC(C)C. The van der Waals surface area contributed by atoms with E-state index in [4.69, 9.17) is 29.2 Å². The van der Waals surface area contributed by atoms with Crippen molar-refractivity contribution in [2.45, 2.75) is 111 Å². The van der Waals surface area contributed by atoms with E-state index in [0.717, 1.165) is 5.92 Å². The molecule has 2 aliphatic heterocycles.